The van der Waals surface area contributed by atoms with Crippen LogP contribution < -0.4 is 15.5 Å². The summed E-state index contributed by atoms with van der Waals surface area (Å²) in [6.07, 6.45) is 2.76. The zero-order chi connectivity index (χ0) is 18.3. The number of rotatable bonds is 3. The van der Waals surface area contributed by atoms with Crippen LogP contribution >= 0.6 is 11.3 Å². The Hall–Kier alpha value is -3.08. The second kappa shape index (κ2) is 6.33. The van der Waals surface area contributed by atoms with Gasteiger partial charge in [0.2, 0.25) is 11.8 Å². The van der Waals surface area contributed by atoms with Crippen molar-refractivity contribution in [3.8, 4) is 0 Å². The first-order valence-electron chi connectivity index (χ1n) is 8.01. The highest BCUT2D eigenvalue weighted by Crippen LogP contribution is 2.30. The van der Waals surface area contributed by atoms with Crippen LogP contribution in [0.25, 0.3) is 10.2 Å². The Balaban J connectivity index is 1.52. The van der Waals surface area contributed by atoms with E-state index in [1.165, 1.54) is 4.88 Å². The molecule has 0 radical (unpaired) electrons. The first kappa shape index (κ1) is 16.4. The first-order valence-corrected chi connectivity index (χ1v) is 8.82. The summed E-state index contributed by atoms with van der Waals surface area (Å²) in [5.41, 5.74) is 5.39. The summed E-state index contributed by atoms with van der Waals surface area (Å²) < 4.78 is 0. The van der Waals surface area contributed by atoms with E-state index in [0.29, 0.717) is 19.0 Å². The molecule has 4 rings (SSSR count). The molecule has 1 aliphatic rings. The Morgan fingerprint density at radius 2 is 1.92 bits per heavy atom. The van der Waals surface area contributed by atoms with E-state index in [9.17, 15) is 10.1 Å². The van der Waals surface area contributed by atoms with Gasteiger partial charge < -0.3 is 15.5 Å². The largest absolute Gasteiger partial charge is 0.378 e. The van der Waals surface area contributed by atoms with Crippen molar-refractivity contribution in [2.24, 2.45) is 0 Å². The molecule has 134 valence electrons. The number of hydrogen-bond acceptors (Lipinski definition) is 10. The molecule has 1 saturated heterocycles. The van der Waals surface area contributed by atoms with E-state index < -0.39 is 4.92 Å². The maximum atomic E-state index is 10.8. The fourth-order valence-corrected chi connectivity index (χ4v) is 3.85. The summed E-state index contributed by atoms with van der Waals surface area (Å²) in [7, 11) is 0. The second-order valence-corrected chi connectivity index (χ2v) is 7.18. The number of nitrogens with zero attached hydrogens (tertiary/aromatic N) is 7. The molecule has 0 bridgehead atoms. The van der Waals surface area contributed by atoms with Gasteiger partial charge >= 0.3 is 5.69 Å². The van der Waals surface area contributed by atoms with Crippen LogP contribution in [0, 0.1) is 17.0 Å². The Kier molecular flexibility index (Phi) is 3.99. The molecule has 2 N–H and O–H groups in total. The molecule has 3 aromatic heterocycles. The van der Waals surface area contributed by atoms with Crippen molar-refractivity contribution in [2.45, 2.75) is 6.92 Å². The molecular weight excluding hydrogens is 356 g/mol. The Labute approximate surface area is 152 Å². The number of nitrogens with two attached hydrogens (primary N) is 1. The van der Waals surface area contributed by atoms with E-state index in [0.717, 1.165) is 35.3 Å². The average Bonchev–Trinajstić information content (AvgIpc) is 3.01. The van der Waals surface area contributed by atoms with Gasteiger partial charge in [-0.25, -0.2) is 15.0 Å². The number of anilines is 3. The molecule has 1 fully saturated rings. The lowest BCUT2D eigenvalue weighted by Crippen LogP contribution is -2.47. The minimum atomic E-state index is -0.583. The molecule has 0 atom stereocenters. The van der Waals surface area contributed by atoms with Crippen LogP contribution in [0.1, 0.15) is 4.88 Å². The number of fused-ring (bicyclic) bond motifs is 1. The van der Waals surface area contributed by atoms with E-state index in [-0.39, 0.29) is 11.5 Å². The summed E-state index contributed by atoms with van der Waals surface area (Å²) in [5, 5.41) is 11.9. The van der Waals surface area contributed by atoms with E-state index in [1.807, 2.05) is 4.90 Å². The van der Waals surface area contributed by atoms with Crippen molar-refractivity contribution in [2.75, 3.05) is 41.7 Å². The molecular formula is C15H16N8O2S. The van der Waals surface area contributed by atoms with Crippen LogP contribution in [0.15, 0.2) is 18.6 Å². The second-order valence-electron chi connectivity index (χ2n) is 5.94. The molecule has 11 heteroatoms. The third-order valence-electron chi connectivity index (χ3n) is 4.28. The smallest absolute Gasteiger partial charge is 0.329 e. The van der Waals surface area contributed by atoms with Gasteiger partial charge in [0.05, 0.1) is 10.3 Å². The van der Waals surface area contributed by atoms with Gasteiger partial charge in [0, 0.05) is 31.1 Å². The zero-order valence-corrected chi connectivity index (χ0v) is 14.8. The Morgan fingerprint density at radius 3 is 2.62 bits per heavy atom. The lowest BCUT2D eigenvalue weighted by atomic mass is 10.2. The van der Waals surface area contributed by atoms with Gasteiger partial charge in [0.1, 0.15) is 23.2 Å². The molecule has 0 aromatic carbocycles. The fourth-order valence-electron chi connectivity index (χ4n) is 3.01. The lowest BCUT2D eigenvalue weighted by molar-refractivity contribution is -0.384. The van der Waals surface area contributed by atoms with Gasteiger partial charge in [-0.05, 0) is 13.0 Å². The zero-order valence-electron chi connectivity index (χ0n) is 14.0. The maximum Gasteiger partial charge on any atom is 0.329 e. The van der Waals surface area contributed by atoms with E-state index in [1.54, 1.807) is 17.7 Å². The van der Waals surface area contributed by atoms with Crippen LogP contribution in [0.3, 0.4) is 0 Å². The van der Waals surface area contributed by atoms with Crippen molar-refractivity contribution < 1.29 is 4.92 Å². The van der Waals surface area contributed by atoms with Crippen LogP contribution in [0.2, 0.25) is 0 Å². The minimum Gasteiger partial charge on any atom is -0.378 e. The molecule has 0 unspecified atom stereocenters. The predicted octanol–water partition coefficient (Wildman–Crippen LogP) is 1.61. The van der Waals surface area contributed by atoms with E-state index in [2.05, 4.69) is 37.8 Å². The standard InChI is InChI=1S/C15H16N8O2S/c1-9-6-10-13(18-8-19-14(10)26-9)21-2-4-22(5-3-21)15-17-7-11(23(24)25)12(16)20-15/h6-8H,2-5H2,1H3,(H2,16,17,20). The van der Waals surface area contributed by atoms with Crippen molar-refractivity contribution >= 4 is 44.8 Å². The molecule has 0 spiro atoms. The predicted molar refractivity (Wildman–Crippen MR) is 99.7 cm³/mol. The number of hydrogen-bond donors (Lipinski definition) is 1. The molecule has 0 amide bonds. The Morgan fingerprint density at radius 1 is 1.19 bits per heavy atom. The first-order chi connectivity index (χ1) is 12.5. The molecule has 26 heavy (non-hydrogen) atoms. The molecule has 0 aliphatic carbocycles. The normalized spacial score (nSPS) is 14.8. The highest BCUT2D eigenvalue weighted by atomic mass is 32.1. The lowest BCUT2D eigenvalue weighted by Gasteiger charge is -2.35. The number of nitrogen functional groups attached to an aromatic ring is 1. The summed E-state index contributed by atoms with van der Waals surface area (Å²) in [6.45, 7) is 4.88. The third-order valence-corrected chi connectivity index (χ3v) is 5.23. The SMILES string of the molecule is Cc1cc2c(N3CCN(c4ncc([N+](=O)[O-])c(N)n4)CC3)ncnc2s1. The van der Waals surface area contributed by atoms with Crippen molar-refractivity contribution in [3.05, 3.63) is 33.6 Å². The van der Waals surface area contributed by atoms with Gasteiger partial charge in [-0.2, -0.15) is 4.98 Å². The maximum absolute atomic E-state index is 10.8. The van der Waals surface area contributed by atoms with Gasteiger partial charge in [-0.15, -0.1) is 11.3 Å². The topological polar surface area (TPSA) is 127 Å². The van der Waals surface area contributed by atoms with E-state index >= 15 is 0 Å². The number of thiophene rings is 1. The Bertz CT molecular complexity index is 983. The minimum absolute atomic E-state index is 0.117. The van der Waals surface area contributed by atoms with Gasteiger partial charge in [0.25, 0.3) is 0 Å². The van der Waals surface area contributed by atoms with Crippen LogP contribution in [0.5, 0.6) is 0 Å². The van der Waals surface area contributed by atoms with Gasteiger partial charge in [0.15, 0.2) is 0 Å². The number of piperazine rings is 1. The molecule has 4 heterocycles. The van der Waals surface area contributed by atoms with Crippen LogP contribution in [-0.4, -0.2) is 51.0 Å². The number of aryl methyl sites for hydroxylation is 1. The summed E-state index contributed by atoms with van der Waals surface area (Å²) >= 11 is 1.66. The van der Waals surface area contributed by atoms with Crippen LogP contribution in [0.4, 0.5) is 23.3 Å². The third kappa shape index (κ3) is 2.86. The monoisotopic (exact) mass is 372 g/mol. The van der Waals surface area contributed by atoms with Crippen LogP contribution in [-0.2, 0) is 0 Å². The fraction of sp³-hybridized carbons (Fsp3) is 0.333. The highest BCUT2D eigenvalue weighted by molar-refractivity contribution is 7.18. The van der Waals surface area contributed by atoms with Crippen molar-refractivity contribution in [1.29, 1.82) is 0 Å². The summed E-state index contributed by atoms with van der Waals surface area (Å²) in [6, 6.07) is 2.11. The molecule has 3 aromatic rings. The van der Waals surface area contributed by atoms with Crippen molar-refractivity contribution in [1.82, 2.24) is 19.9 Å². The quantitative estimate of drug-likeness (QED) is 0.538. The molecule has 10 nitrogen and oxygen atoms in total. The summed E-state index contributed by atoms with van der Waals surface area (Å²) in [5.74, 6) is 1.23. The van der Waals surface area contributed by atoms with Gasteiger partial charge in [-0.3, -0.25) is 10.1 Å². The molecule has 0 saturated carbocycles. The highest BCUT2D eigenvalue weighted by Gasteiger charge is 2.24. The van der Waals surface area contributed by atoms with Crippen molar-refractivity contribution in [3.63, 3.8) is 0 Å². The number of nitro groups is 1. The average molecular weight is 372 g/mol. The molecule has 1 aliphatic heterocycles. The van der Waals surface area contributed by atoms with Gasteiger partial charge in [-0.1, -0.05) is 0 Å². The number of aromatic nitrogens is 4. The summed E-state index contributed by atoms with van der Waals surface area (Å²) in [4.78, 5) is 33.6. The van der Waals surface area contributed by atoms with E-state index in [4.69, 9.17) is 5.73 Å².